The SMILES string of the molecule is COc1cc(C(c2ccc(Cl)cc2Cl)N2CCNCC2)cc(OC)c1OCc1ccccc1. The standard InChI is InChI=1S/C26H28Cl2N2O3/c1-31-23-14-19(15-24(32-2)26(23)33-17-18-6-4-3-5-7-18)25(30-12-10-29-11-13-30)21-9-8-20(27)16-22(21)28/h3-9,14-16,25,29H,10-13,17H2,1-2H3. The third-order valence-electron chi connectivity index (χ3n) is 5.80. The van der Waals surface area contributed by atoms with E-state index in [1.807, 2.05) is 54.6 Å². The molecule has 0 bridgehead atoms. The molecule has 0 aromatic heterocycles. The Bertz CT molecular complexity index is 1050. The fraction of sp³-hybridized carbons (Fsp3) is 0.308. The molecule has 1 saturated heterocycles. The van der Waals surface area contributed by atoms with E-state index in [1.54, 1.807) is 20.3 Å². The Morgan fingerprint density at radius 1 is 0.909 bits per heavy atom. The molecule has 3 aromatic carbocycles. The highest BCUT2D eigenvalue weighted by Gasteiger charge is 2.28. The quantitative estimate of drug-likeness (QED) is 0.449. The summed E-state index contributed by atoms with van der Waals surface area (Å²) in [6.07, 6.45) is 0. The van der Waals surface area contributed by atoms with Gasteiger partial charge in [0.15, 0.2) is 11.5 Å². The van der Waals surface area contributed by atoms with E-state index in [-0.39, 0.29) is 6.04 Å². The summed E-state index contributed by atoms with van der Waals surface area (Å²) >= 11 is 12.9. The molecule has 1 N–H and O–H groups in total. The van der Waals surface area contributed by atoms with Crippen molar-refractivity contribution in [1.82, 2.24) is 10.2 Å². The molecule has 33 heavy (non-hydrogen) atoms. The van der Waals surface area contributed by atoms with Crippen molar-refractivity contribution < 1.29 is 14.2 Å². The monoisotopic (exact) mass is 486 g/mol. The zero-order valence-electron chi connectivity index (χ0n) is 18.8. The number of rotatable bonds is 8. The van der Waals surface area contributed by atoms with Crippen LogP contribution >= 0.6 is 23.2 Å². The van der Waals surface area contributed by atoms with E-state index >= 15 is 0 Å². The van der Waals surface area contributed by atoms with Gasteiger partial charge in [-0.1, -0.05) is 59.6 Å². The van der Waals surface area contributed by atoms with Gasteiger partial charge in [0.05, 0.1) is 20.3 Å². The van der Waals surface area contributed by atoms with Crippen molar-refractivity contribution in [3.05, 3.63) is 87.4 Å². The maximum absolute atomic E-state index is 6.68. The van der Waals surface area contributed by atoms with Crippen molar-refractivity contribution in [3.8, 4) is 17.2 Å². The van der Waals surface area contributed by atoms with Crippen LogP contribution in [0.15, 0.2) is 60.7 Å². The van der Waals surface area contributed by atoms with Crippen LogP contribution in [0.4, 0.5) is 0 Å². The summed E-state index contributed by atoms with van der Waals surface area (Å²) in [5, 5.41) is 4.66. The molecule has 1 aliphatic heterocycles. The Morgan fingerprint density at radius 2 is 1.58 bits per heavy atom. The smallest absolute Gasteiger partial charge is 0.203 e. The van der Waals surface area contributed by atoms with Crippen molar-refractivity contribution in [2.45, 2.75) is 12.6 Å². The molecule has 0 radical (unpaired) electrons. The molecule has 1 unspecified atom stereocenters. The van der Waals surface area contributed by atoms with Gasteiger partial charge in [0.1, 0.15) is 6.61 Å². The molecule has 0 aliphatic carbocycles. The van der Waals surface area contributed by atoms with E-state index in [2.05, 4.69) is 10.2 Å². The minimum atomic E-state index is -0.0807. The molecule has 5 nitrogen and oxygen atoms in total. The minimum Gasteiger partial charge on any atom is -0.493 e. The zero-order chi connectivity index (χ0) is 23.2. The van der Waals surface area contributed by atoms with Crippen LogP contribution in [0.3, 0.4) is 0 Å². The third-order valence-corrected chi connectivity index (χ3v) is 6.36. The molecule has 1 atom stereocenters. The van der Waals surface area contributed by atoms with Gasteiger partial charge >= 0.3 is 0 Å². The summed E-state index contributed by atoms with van der Waals surface area (Å²) in [7, 11) is 3.28. The number of halogens is 2. The highest BCUT2D eigenvalue weighted by atomic mass is 35.5. The molecule has 1 aliphatic rings. The lowest BCUT2D eigenvalue weighted by Crippen LogP contribution is -2.45. The summed E-state index contributed by atoms with van der Waals surface area (Å²) in [4.78, 5) is 2.41. The Hall–Kier alpha value is -2.44. The number of ether oxygens (including phenoxy) is 3. The molecule has 3 aromatic rings. The Labute approximate surface area is 205 Å². The lowest BCUT2D eigenvalue weighted by atomic mass is 9.95. The Morgan fingerprint density at radius 3 is 2.18 bits per heavy atom. The first-order chi connectivity index (χ1) is 16.1. The fourth-order valence-electron chi connectivity index (χ4n) is 4.18. The predicted molar refractivity (Wildman–Crippen MR) is 133 cm³/mol. The zero-order valence-corrected chi connectivity index (χ0v) is 20.3. The second-order valence-electron chi connectivity index (χ2n) is 7.88. The predicted octanol–water partition coefficient (Wildman–Crippen LogP) is 5.58. The number of hydrogen-bond donors (Lipinski definition) is 1. The summed E-state index contributed by atoms with van der Waals surface area (Å²) in [5.41, 5.74) is 3.07. The van der Waals surface area contributed by atoms with Crippen LogP contribution in [-0.2, 0) is 6.61 Å². The molecular weight excluding hydrogens is 459 g/mol. The van der Waals surface area contributed by atoms with Crippen LogP contribution < -0.4 is 19.5 Å². The molecule has 4 rings (SSSR count). The van der Waals surface area contributed by atoms with Crippen LogP contribution in [0, 0.1) is 0 Å². The summed E-state index contributed by atoms with van der Waals surface area (Å²) < 4.78 is 17.6. The molecule has 0 spiro atoms. The average Bonchev–Trinajstić information content (AvgIpc) is 2.85. The molecule has 174 valence electrons. The first-order valence-electron chi connectivity index (χ1n) is 10.9. The lowest BCUT2D eigenvalue weighted by molar-refractivity contribution is 0.197. The van der Waals surface area contributed by atoms with Gasteiger partial charge in [0.2, 0.25) is 5.75 Å². The molecular formula is C26H28Cl2N2O3. The summed E-state index contributed by atoms with van der Waals surface area (Å²) in [5.74, 6) is 1.81. The van der Waals surface area contributed by atoms with E-state index in [1.165, 1.54) is 0 Å². The van der Waals surface area contributed by atoms with E-state index in [4.69, 9.17) is 37.4 Å². The molecule has 0 saturated carbocycles. The number of benzene rings is 3. The second kappa shape index (κ2) is 11.1. The van der Waals surface area contributed by atoms with Crippen LogP contribution in [0.25, 0.3) is 0 Å². The average molecular weight is 487 g/mol. The van der Waals surface area contributed by atoms with Crippen LogP contribution in [0.1, 0.15) is 22.7 Å². The van der Waals surface area contributed by atoms with E-state index in [0.717, 1.165) is 42.9 Å². The highest BCUT2D eigenvalue weighted by Crippen LogP contribution is 2.44. The summed E-state index contributed by atoms with van der Waals surface area (Å²) in [6, 6.07) is 19.6. The molecule has 0 amide bonds. The molecule has 7 heteroatoms. The van der Waals surface area contributed by atoms with Gasteiger partial charge < -0.3 is 19.5 Å². The summed E-state index contributed by atoms with van der Waals surface area (Å²) in [6.45, 7) is 4.01. The van der Waals surface area contributed by atoms with Crippen molar-refractivity contribution >= 4 is 23.2 Å². The van der Waals surface area contributed by atoms with Gasteiger partial charge in [-0.15, -0.1) is 0 Å². The van der Waals surface area contributed by atoms with Crippen LogP contribution in [0.5, 0.6) is 17.2 Å². The second-order valence-corrected chi connectivity index (χ2v) is 8.73. The van der Waals surface area contributed by atoms with Gasteiger partial charge in [0.25, 0.3) is 0 Å². The van der Waals surface area contributed by atoms with E-state index in [0.29, 0.717) is 33.9 Å². The van der Waals surface area contributed by atoms with Crippen molar-refractivity contribution in [3.63, 3.8) is 0 Å². The maximum atomic E-state index is 6.68. The van der Waals surface area contributed by atoms with Gasteiger partial charge in [-0.05, 0) is 41.0 Å². The number of nitrogens with zero attached hydrogens (tertiary/aromatic N) is 1. The minimum absolute atomic E-state index is 0.0807. The van der Waals surface area contributed by atoms with Gasteiger partial charge in [0, 0.05) is 36.2 Å². The fourth-order valence-corrected chi connectivity index (χ4v) is 4.69. The number of piperazine rings is 1. The molecule has 1 heterocycles. The first kappa shape index (κ1) is 23.7. The van der Waals surface area contributed by atoms with E-state index < -0.39 is 0 Å². The largest absolute Gasteiger partial charge is 0.493 e. The Balaban J connectivity index is 1.74. The van der Waals surface area contributed by atoms with Crippen molar-refractivity contribution in [2.24, 2.45) is 0 Å². The van der Waals surface area contributed by atoms with Crippen molar-refractivity contribution in [1.29, 1.82) is 0 Å². The van der Waals surface area contributed by atoms with Crippen LogP contribution in [0.2, 0.25) is 10.0 Å². The number of hydrogen-bond acceptors (Lipinski definition) is 5. The van der Waals surface area contributed by atoms with Crippen LogP contribution in [-0.4, -0.2) is 45.3 Å². The van der Waals surface area contributed by atoms with Gasteiger partial charge in [-0.3, -0.25) is 4.90 Å². The number of methoxy groups -OCH3 is 2. The van der Waals surface area contributed by atoms with Gasteiger partial charge in [-0.25, -0.2) is 0 Å². The normalized spacial score (nSPS) is 15.2. The topological polar surface area (TPSA) is 43.0 Å². The number of nitrogens with one attached hydrogen (secondary N) is 1. The first-order valence-corrected chi connectivity index (χ1v) is 11.7. The third kappa shape index (κ3) is 5.56. The lowest BCUT2D eigenvalue weighted by Gasteiger charge is -2.36. The Kier molecular flexibility index (Phi) is 7.99. The maximum Gasteiger partial charge on any atom is 0.203 e. The van der Waals surface area contributed by atoms with Crippen molar-refractivity contribution in [2.75, 3.05) is 40.4 Å². The molecule has 1 fully saturated rings. The van der Waals surface area contributed by atoms with Gasteiger partial charge in [-0.2, -0.15) is 0 Å². The van der Waals surface area contributed by atoms with E-state index in [9.17, 15) is 0 Å². The highest BCUT2D eigenvalue weighted by molar-refractivity contribution is 6.35.